The van der Waals surface area contributed by atoms with Crippen molar-refractivity contribution in [3.05, 3.63) is 65.2 Å². The van der Waals surface area contributed by atoms with Crippen LogP contribution in [0.2, 0.25) is 0 Å². The maximum absolute atomic E-state index is 13.0. The van der Waals surface area contributed by atoms with E-state index in [1.165, 1.54) is 6.07 Å². The van der Waals surface area contributed by atoms with Crippen LogP contribution < -0.4 is 5.73 Å². The molecule has 6 nitrogen and oxygen atoms in total. The van der Waals surface area contributed by atoms with Gasteiger partial charge in [-0.3, -0.25) is 14.5 Å². The quantitative estimate of drug-likeness (QED) is 0.603. The van der Waals surface area contributed by atoms with Gasteiger partial charge in [0.05, 0.1) is 18.8 Å². The van der Waals surface area contributed by atoms with Crippen LogP contribution in [0.25, 0.3) is 0 Å². The van der Waals surface area contributed by atoms with Crippen LogP contribution in [0, 0.1) is 0 Å². The minimum Gasteiger partial charge on any atom is -0.507 e. The molecule has 0 aliphatic carbocycles. The van der Waals surface area contributed by atoms with Crippen molar-refractivity contribution in [2.75, 3.05) is 26.3 Å². The number of amides is 1. The highest BCUT2D eigenvalue weighted by Gasteiger charge is 2.34. The molecule has 1 heterocycles. The van der Waals surface area contributed by atoms with Gasteiger partial charge in [-0.05, 0) is 17.2 Å². The van der Waals surface area contributed by atoms with E-state index in [1.807, 2.05) is 30.3 Å². The number of nitrogens with two attached hydrogens (primary N) is 1. The molecule has 6 heteroatoms. The molecule has 3 N–H and O–H groups in total. The first-order valence-electron chi connectivity index (χ1n) is 8.58. The molecule has 1 atom stereocenters. The van der Waals surface area contributed by atoms with Crippen molar-refractivity contribution in [1.82, 2.24) is 4.90 Å². The van der Waals surface area contributed by atoms with Gasteiger partial charge in [-0.2, -0.15) is 0 Å². The summed E-state index contributed by atoms with van der Waals surface area (Å²) in [5.41, 5.74) is 7.26. The van der Waals surface area contributed by atoms with Gasteiger partial charge in [0.15, 0.2) is 11.8 Å². The molecule has 2 aromatic rings. The molecule has 136 valence electrons. The number of benzene rings is 2. The van der Waals surface area contributed by atoms with Crippen LogP contribution in [0.15, 0.2) is 48.5 Å². The summed E-state index contributed by atoms with van der Waals surface area (Å²) in [6.07, 6.45) is 0.493. The smallest absolute Gasteiger partial charge is 0.242 e. The van der Waals surface area contributed by atoms with Crippen LogP contribution in [0.3, 0.4) is 0 Å². The van der Waals surface area contributed by atoms with Gasteiger partial charge in [-0.15, -0.1) is 0 Å². The van der Waals surface area contributed by atoms with Gasteiger partial charge in [-0.1, -0.05) is 42.5 Å². The Labute approximate surface area is 152 Å². The first-order chi connectivity index (χ1) is 12.6. The number of ether oxygens (including phenoxy) is 1. The molecule has 0 aromatic heterocycles. The lowest BCUT2D eigenvalue weighted by Crippen LogP contribution is -2.53. The molecule has 2 aromatic carbocycles. The highest BCUT2D eigenvalue weighted by atomic mass is 16.5. The van der Waals surface area contributed by atoms with Crippen molar-refractivity contribution in [2.24, 2.45) is 5.73 Å². The minimum atomic E-state index is -1.10. The lowest BCUT2D eigenvalue weighted by Gasteiger charge is -2.31. The van der Waals surface area contributed by atoms with Crippen molar-refractivity contribution >= 4 is 11.7 Å². The molecular formula is C20H22N2O4. The highest BCUT2D eigenvalue weighted by molar-refractivity contribution is 6.14. The summed E-state index contributed by atoms with van der Waals surface area (Å²) in [6.45, 7) is 1.78. The second kappa shape index (κ2) is 8.12. The standard InChI is InChI=1S/C20H22N2O4/c21-20(25)17(22-9-11-26-12-10-22)19(24)16-8-4-7-15(18(16)23)13-14-5-2-1-3-6-14/h1-8,17,23H,9-13H2,(H2,21,25). The van der Waals surface area contributed by atoms with Gasteiger partial charge < -0.3 is 15.6 Å². The van der Waals surface area contributed by atoms with Crippen molar-refractivity contribution in [2.45, 2.75) is 12.5 Å². The number of phenolic OH excluding ortho intramolecular Hbond substituents is 1. The van der Waals surface area contributed by atoms with E-state index in [-0.39, 0.29) is 11.3 Å². The molecule has 0 saturated carbocycles. The second-order valence-corrected chi connectivity index (χ2v) is 6.29. The van der Waals surface area contributed by atoms with E-state index >= 15 is 0 Å². The van der Waals surface area contributed by atoms with E-state index in [0.29, 0.717) is 38.3 Å². The van der Waals surface area contributed by atoms with Crippen LogP contribution in [0.1, 0.15) is 21.5 Å². The fraction of sp³-hybridized carbons (Fsp3) is 0.300. The Kier molecular flexibility index (Phi) is 5.65. The maximum atomic E-state index is 13.0. The Morgan fingerprint density at radius 3 is 2.42 bits per heavy atom. The molecule has 0 radical (unpaired) electrons. The van der Waals surface area contributed by atoms with E-state index in [9.17, 15) is 14.7 Å². The molecule has 3 rings (SSSR count). The van der Waals surface area contributed by atoms with Gasteiger partial charge in [-0.25, -0.2) is 0 Å². The zero-order chi connectivity index (χ0) is 18.5. The number of morpholine rings is 1. The number of hydrogen-bond acceptors (Lipinski definition) is 5. The molecular weight excluding hydrogens is 332 g/mol. The first-order valence-corrected chi connectivity index (χ1v) is 8.58. The fourth-order valence-electron chi connectivity index (χ4n) is 3.21. The monoisotopic (exact) mass is 354 g/mol. The maximum Gasteiger partial charge on any atom is 0.242 e. The number of nitrogens with zero attached hydrogens (tertiary/aromatic N) is 1. The minimum absolute atomic E-state index is 0.0964. The van der Waals surface area contributed by atoms with Gasteiger partial charge in [0.25, 0.3) is 0 Å². The number of carbonyl (C=O) groups is 2. The molecule has 1 fully saturated rings. The number of hydrogen-bond donors (Lipinski definition) is 2. The van der Waals surface area contributed by atoms with Gasteiger partial charge in [0, 0.05) is 19.5 Å². The predicted octanol–water partition coefficient (Wildman–Crippen LogP) is 1.35. The van der Waals surface area contributed by atoms with Crippen molar-refractivity contribution < 1.29 is 19.4 Å². The summed E-state index contributed by atoms with van der Waals surface area (Å²) in [6, 6.07) is 13.6. The van der Waals surface area contributed by atoms with Crippen molar-refractivity contribution in [1.29, 1.82) is 0 Å². The van der Waals surface area contributed by atoms with Crippen molar-refractivity contribution in [3.63, 3.8) is 0 Å². The van der Waals surface area contributed by atoms with Crippen LogP contribution in [0.4, 0.5) is 0 Å². The lowest BCUT2D eigenvalue weighted by molar-refractivity contribution is -0.123. The van der Waals surface area contributed by atoms with Gasteiger partial charge >= 0.3 is 0 Å². The summed E-state index contributed by atoms with van der Waals surface area (Å²) in [5, 5.41) is 10.6. The van der Waals surface area contributed by atoms with Crippen molar-refractivity contribution in [3.8, 4) is 5.75 Å². The van der Waals surface area contributed by atoms with E-state index in [0.717, 1.165) is 5.56 Å². The Balaban J connectivity index is 1.88. The Hall–Kier alpha value is -2.70. The molecule has 0 bridgehead atoms. The number of carbonyl (C=O) groups excluding carboxylic acids is 2. The zero-order valence-electron chi connectivity index (χ0n) is 14.4. The highest BCUT2D eigenvalue weighted by Crippen LogP contribution is 2.27. The number of primary amides is 1. The molecule has 26 heavy (non-hydrogen) atoms. The number of phenols is 1. The number of aromatic hydroxyl groups is 1. The molecule has 1 amide bonds. The summed E-state index contributed by atoms with van der Waals surface area (Å²) in [4.78, 5) is 26.6. The third-order valence-electron chi connectivity index (χ3n) is 4.55. The topological polar surface area (TPSA) is 92.9 Å². The average molecular weight is 354 g/mol. The zero-order valence-corrected chi connectivity index (χ0v) is 14.4. The van der Waals surface area contributed by atoms with E-state index < -0.39 is 17.7 Å². The average Bonchev–Trinajstić information content (AvgIpc) is 2.65. The van der Waals surface area contributed by atoms with Gasteiger partial charge in [0.1, 0.15) is 5.75 Å². The predicted molar refractivity (Wildman–Crippen MR) is 97.1 cm³/mol. The second-order valence-electron chi connectivity index (χ2n) is 6.29. The van der Waals surface area contributed by atoms with Crippen LogP contribution in [0.5, 0.6) is 5.75 Å². The molecule has 1 aliphatic rings. The normalized spacial score (nSPS) is 16.2. The Bertz CT molecular complexity index is 786. The van der Waals surface area contributed by atoms with Gasteiger partial charge in [0.2, 0.25) is 5.91 Å². The molecule has 1 saturated heterocycles. The third kappa shape index (κ3) is 3.92. The number of ketones is 1. The summed E-state index contributed by atoms with van der Waals surface area (Å²) >= 11 is 0. The summed E-state index contributed by atoms with van der Waals surface area (Å²) < 4.78 is 5.27. The number of para-hydroxylation sites is 1. The molecule has 0 spiro atoms. The van der Waals surface area contributed by atoms with Crippen LogP contribution >= 0.6 is 0 Å². The Morgan fingerprint density at radius 1 is 1.08 bits per heavy atom. The largest absolute Gasteiger partial charge is 0.507 e. The van der Waals surface area contributed by atoms with Crippen LogP contribution in [-0.2, 0) is 16.0 Å². The number of Topliss-reactive ketones (excluding diaryl/α,β-unsaturated/α-hetero) is 1. The fourth-order valence-corrected chi connectivity index (χ4v) is 3.21. The third-order valence-corrected chi connectivity index (χ3v) is 4.55. The van der Waals surface area contributed by atoms with Crippen LogP contribution in [-0.4, -0.2) is 54.0 Å². The van der Waals surface area contributed by atoms with E-state index in [1.54, 1.807) is 17.0 Å². The van der Waals surface area contributed by atoms with E-state index in [4.69, 9.17) is 10.5 Å². The van der Waals surface area contributed by atoms with E-state index in [2.05, 4.69) is 0 Å². The summed E-state index contributed by atoms with van der Waals surface area (Å²) in [5.74, 6) is -1.29. The SMILES string of the molecule is NC(=O)C(C(=O)c1cccc(Cc2ccccc2)c1O)N1CCOCC1. The molecule has 1 aliphatic heterocycles. The Morgan fingerprint density at radius 2 is 1.77 bits per heavy atom. The lowest BCUT2D eigenvalue weighted by atomic mass is 9.96. The first kappa shape index (κ1) is 18.1. The number of rotatable bonds is 6. The summed E-state index contributed by atoms with van der Waals surface area (Å²) in [7, 11) is 0. The molecule has 1 unspecified atom stereocenters.